The minimum Gasteiger partial charge on any atom is -0.392 e. The molecule has 80 valence electrons. The van der Waals surface area contributed by atoms with Gasteiger partial charge in [0.1, 0.15) is 6.29 Å². The summed E-state index contributed by atoms with van der Waals surface area (Å²) in [4.78, 5) is 9.56. The lowest BCUT2D eigenvalue weighted by atomic mass is 10.4. The number of allylic oxidation sites excluding steroid dienone is 7. The van der Waals surface area contributed by atoms with Crippen molar-refractivity contribution in [1.29, 1.82) is 0 Å². The molecule has 0 rings (SSSR count). The van der Waals surface area contributed by atoms with E-state index in [1.165, 1.54) is 6.08 Å². The molecule has 0 heterocycles. The van der Waals surface area contributed by atoms with Crippen LogP contribution in [0.25, 0.3) is 0 Å². The van der Waals surface area contributed by atoms with Crippen molar-refractivity contribution in [1.82, 2.24) is 0 Å². The fourth-order valence-corrected chi connectivity index (χ4v) is 0.471. The zero-order valence-electron chi connectivity index (χ0n) is 8.76. The smallest absolute Gasteiger partial charge is 0.142 e. The maximum absolute atomic E-state index is 9.56. The van der Waals surface area contributed by atoms with Crippen LogP contribution in [0.2, 0.25) is 0 Å². The van der Waals surface area contributed by atoms with Crippen LogP contribution in [0.1, 0.15) is 15.3 Å². The molecule has 0 amide bonds. The predicted molar refractivity (Wildman–Crippen MR) is 63.2 cm³/mol. The summed E-state index contributed by atoms with van der Waals surface area (Å²) >= 11 is 0. The first-order chi connectivity index (χ1) is 6.83. The Labute approximate surface area is 87.4 Å². The zero-order valence-corrected chi connectivity index (χ0v) is 8.76. The quantitative estimate of drug-likeness (QED) is 0.426. The fraction of sp³-hybridized carbons (Fsp3) is 0.250. The van der Waals surface area contributed by atoms with E-state index in [1.807, 2.05) is 32.1 Å². The molecular weight excluding hydrogens is 176 g/mol. The molecular formula is C12H20O2. The second-order valence-electron chi connectivity index (χ2n) is 2.18. The Balaban J connectivity index is -0.000000180. The highest BCUT2D eigenvalue weighted by Gasteiger charge is 1.58. The van der Waals surface area contributed by atoms with Gasteiger partial charge < -0.3 is 5.11 Å². The van der Waals surface area contributed by atoms with Crippen molar-refractivity contribution >= 4 is 6.29 Å². The molecule has 2 nitrogen and oxygen atoms in total. The van der Waals surface area contributed by atoms with Gasteiger partial charge in [0.2, 0.25) is 0 Å². The molecule has 0 unspecified atom stereocenters. The molecule has 1 N–H and O–H groups in total. The Morgan fingerprint density at radius 1 is 1.00 bits per heavy atom. The third kappa shape index (κ3) is 22.4. The van der Waals surface area contributed by atoms with Crippen molar-refractivity contribution in [3.8, 4) is 0 Å². The average Bonchev–Trinajstić information content (AvgIpc) is 2.21. The van der Waals surface area contributed by atoms with Gasteiger partial charge in [0.25, 0.3) is 0 Å². The lowest BCUT2D eigenvalue weighted by Crippen LogP contribution is -1.66. The van der Waals surface area contributed by atoms with Crippen LogP contribution in [0, 0.1) is 0 Å². The number of hydrogen-bond acceptors (Lipinski definition) is 2. The highest BCUT2D eigenvalue weighted by atomic mass is 16.2. The van der Waals surface area contributed by atoms with Gasteiger partial charge >= 0.3 is 0 Å². The molecule has 0 atom stereocenters. The number of aldehydes is 1. The molecule has 0 aromatic carbocycles. The van der Waals surface area contributed by atoms with Crippen LogP contribution in [0.4, 0.5) is 0 Å². The lowest BCUT2D eigenvalue weighted by molar-refractivity contribution is -0.104. The summed E-state index contributed by atoms with van der Waals surface area (Å²) in [7, 11) is 0. The third-order valence-electron chi connectivity index (χ3n) is 1.04. The molecule has 0 aromatic heterocycles. The third-order valence-corrected chi connectivity index (χ3v) is 1.04. The normalized spacial score (nSPS) is 11.4. The summed E-state index contributed by atoms with van der Waals surface area (Å²) in [5.41, 5.74) is 0. The monoisotopic (exact) mass is 196 g/mol. The molecule has 0 fully saturated rings. The number of carbonyl (C=O) groups excluding carboxylic acids is 1. The molecule has 0 aliphatic carbocycles. The molecule has 0 saturated carbocycles. The topological polar surface area (TPSA) is 37.3 Å². The van der Waals surface area contributed by atoms with Crippen LogP contribution >= 0.6 is 0 Å². The van der Waals surface area contributed by atoms with Gasteiger partial charge in [-0.2, -0.15) is 0 Å². The van der Waals surface area contributed by atoms with E-state index >= 15 is 0 Å². The van der Waals surface area contributed by atoms with Crippen LogP contribution in [0.15, 0.2) is 48.6 Å². The Morgan fingerprint density at radius 3 is 2.00 bits per heavy atom. The Kier molecular flexibility index (Phi) is 19.0. The summed E-state index contributed by atoms with van der Waals surface area (Å²) in [6.45, 7) is 3.96. The molecule has 0 bridgehead atoms. The van der Waals surface area contributed by atoms with Gasteiger partial charge in [-0.15, -0.1) is 0 Å². The van der Waals surface area contributed by atoms with Gasteiger partial charge in [0, 0.05) is 1.43 Å². The van der Waals surface area contributed by atoms with E-state index in [1.54, 1.807) is 24.3 Å². The minimum absolute atomic E-state index is 0. The predicted octanol–water partition coefficient (Wildman–Crippen LogP) is 2.67. The number of hydrogen-bond donors (Lipinski definition) is 1. The fourth-order valence-electron chi connectivity index (χ4n) is 0.471. The number of carbonyl (C=O) groups is 1. The molecule has 0 saturated heterocycles. The van der Waals surface area contributed by atoms with E-state index in [0.29, 0.717) is 0 Å². The van der Waals surface area contributed by atoms with Crippen LogP contribution < -0.4 is 0 Å². The number of aliphatic hydroxyl groups excluding tert-OH is 1. The average molecular weight is 196 g/mol. The van der Waals surface area contributed by atoms with Crippen molar-refractivity contribution in [2.24, 2.45) is 0 Å². The number of aliphatic hydroxyl groups is 1. The Bertz CT molecular complexity index is 216. The van der Waals surface area contributed by atoms with Crippen LogP contribution in [0.3, 0.4) is 0 Å². The Morgan fingerprint density at radius 2 is 1.57 bits per heavy atom. The summed E-state index contributed by atoms with van der Waals surface area (Å²) in [6, 6.07) is 0. The maximum Gasteiger partial charge on any atom is 0.142 e. The van der Waals surface area contributed by atoms with Crippen molar-refractivity contribution in [2.75, 3.05) is 6.61 Å². The van der Waals surface area contributed by atoms with E-state index < -0.39 is 0 Å². The maximum atomic E-state index is 9.56. The van der Waals surface area contributed by atoms with Crippen molar-refractivity contribution < 1.29 is 11.3 Å². The molecule has 0 aliphatic heterocycles. The first-order valence-corrected chi connectivity index (χ1v) is 4.45. The van der Waals surface area contributed by atoms with Gasteiger partial charge in [0.05, 0.1) is 6.61 Å². The van der Waals surface area contributed by atoms with Crippen molar-refractivity contribution in [3.63, 3.8) is 0 Å². The largest absolute Gasteiger partial charge is 0.392 e. The van der Waals surface area contributed by atoms with Gasteiger partial charge in [-0.05, 0) is 19.9 Å². The molecule has 0 spiro atoms. The van der Waals surface area contributed by atoms with Gasteiger partial charge in [-0.3, -0.25) is 4.79 Å². The Hall–Kier alpha value is -1.41. The van der Waals surface area contributed by atoms with Gasteiger partial charge in [-0.25, -0.2) is 0 Å². The van der Waals surface area contributed by atoms with E-state index in [4.69, 9.17) is 5.11 Å². The zero-order chi connectivity index (χ0) is 11.1. The molecule has 14 heavy (non-hydrogen) atoms. The lowest BCUT2D eigenvalue weighted by Gasteiger charge is -1.70. The highest BCUT2D eigenvalue weighted by Crippen LogP contribution is 1.72. The van der Waals surface area contributed by atoms with Crippen molar-refractivity contribution in [2.45, 2.75) is 13.8 Å². The standard InChI is InChI=1S/C6H10O.C6H8O.H2/c2*1-2-3-4-5-6-7;/h2-5,7H,6H2,1H3;2-6H,1H3;1H/b2*3-2+,5-4+;. The summed E-state index contributed by atoms with van der Waals surface area (Å²) in [6.07, 6.45) is 14.8. The van der Waals surface area contributed by atoms with E-state index in [2.05, 4.69) is 0 Å². The SMILES string of the molecule is C/C=C/C=C/C=O.C/C=C/C=C/CO.[HH]. The van der Waals surface area contributed by atoms with E-state index in [-0.39, 0.29) is 8.03 Å². The van der Waals surface area contributed by atoms with E-state index in [0.717, 1.165) is 6.29 Å². The molecule has 0 aromatic rings. The summed E-state index contributed by atoms with van der Waals surface area (Å²) in [5, 5.41) is 8.17. The van der Waals surface area contributed by atoms with Gasteiger partial charge in [0.15, 0.2) is 0 Å². The van der Waals surface area contributed by atoms with Crippen LogP contribution in [0.5, 0.6) is 0 Å². The molecule has 2 heteroatoms. The minimum atomic E-state index is 0. The molecule has 0 radical (unpaired) electrons. The van der Waals surface area contributed by atoms with Gasteiger partial charge in [-0.1, -0.05) is 42.5 Å². The van der Waals surface area contributed by atoms with Crippen molar-refractivity contribution in [3.05, 3.63) is 48.6 Å². The molecule has 0 aliphatic rings. The first-order valence-electron chi connectivity index (χ1n) is 4.45. The van der Waals surface area contributed by atoms with Crippen LogP contribution in [-0.4, -0.2) is 18.0 Å². The highest BCUT2D eigenvalue weighted by molar-refractivity contribution is 5.65. The second-order valence-corrected chi connectivity index (χ2v) is 2.18. The second kappa shape index (κ2) is 17.6. The summed E-state index contributed by atoms with van der Waals surface area (Å²) in [5.74, 6) is 0. The summed E-state index contributed by atoms with van der Waals surface area (Å²) < 4.78 is 0. The first kappa shape index (κ1) is 15.1. The van der Waals surface area contributed by atoms with E-state index in [9.17, 15) is 4.79 Å². The number of rotatable bonds is 4. The van der Waals surface area contributed by atoms with Crippen LogP contribution in [-0.2, 0) is 4.79 Å².